The average Bonchev–Trinajstić information content (AvgIpc) is 2.59. The van der Waals surface area contributed by atoms with E-state index in [1.807, 2.05) is 0 Å². The van der Waals surface area contributed by atoms with E-state index in [9.17, 15) is 8.78 Å². The van der Waals surface area contributed by atoms with Crippen molar-refractivity contribution in [2.45, 2.75) is 25.5 Å². The van der Waals surface area contributed by atoms with Crippen LogP contribution in [0.3, 0.4) is 0 Å². The van der Waals surface area contributed by atoms with Gasteiger partial charge in [-0.2, -0.15) is 9.97 Å². The molecule has 1 saturated heterocycles. The van der Waals surface area contributed by atoms with Crippen LogP contribution in [0.1, 0.15) is 18.4 Å². The van der Waals surface area contributed by atoms with E-state index in [1.54, 1.807) is 19.5 Å². The number of nitrogens with zero attached hydrogens (tertiary/aromatic N) is 3. The van der Waals surface area contributed by atoms with E-state index < -0.39 is 11.6 Å². The molecule has 0 N–H and O–H groups in total. The van der Waals surface area contributed by atoms with Crippen LogP contribution < -0.4 is 9.47 Å². The standard InChI is InChI=1S/C17H19F2N3O2/c1-23-15-8-20-17(21-9-15)24-14-3-2-6-22(11-14)10-12-7-13(18)4-5-16(12)19/h4-5,7-9,14H,2-3,6,10-11H2,1H3. The van der Waals surface area contributed by atoms with Gasteiger partial charge in [0.25, 0.3) is 0 Å². The number of hydrogen-bond donors (Lipinski definition) is 0. The molecule has 1 aromatic heterocycles. The second-order valence-electron chi connectivity index (χ2n) is 5.76. The summed E-state index contributed by atoms with van der Waals surface area (Å²) in [4.78, 5) is 10.2. The summed E-state index contributed by atoms with van der Waals surface area (Å²) in [6.45, 7) is 1.79. The summed E-state index contributed by atoms with van der Waals surface area (Å²) in [5, 5.41) is 0. The Hall–Kier alpha value is -2.28. The zero-order chi connectivity index (χ0) is 16.9. The van der Waals surface area contributed by atoms with E-state index in [-0.39, 0.29) is 6.10 Å². The van der Waals surface area contributed by atoms with Gasteiger partial charge < -0.3 is 9.47 Å². The van der Waals surface area contributed by atoms with Crippen LogP contribution in [0.25, 0.3) is 0 Å². The monoisotopic (exact) mass is 335 g/mol. The first-order valence-electron chi connectivity index (χ1n) is 7.83. The smallest absolute Gasteiger partial charge is 0.316 e. The lowest BCUT2D eigenvalue weighted by atomic mass is 10.1. The zero-order valence-corrected chi connectivity index (χ0v) is 13.4. The second-order valence-corrected chi connectivity index (χ2v) is 5.76. The van der Waals surface area contributed by atoms with Crippen LogP contribution in [0.4, 0.5) is 8.78 Å². The van der Waals surface area contributed by atoms with Crippen LogP contribution in [0.5, 0.6) is 11.8 Å². The summed E-state index contributed by atoms with van der Waals surface area (Å²) in [6, 6.07) is 3.82. The molecule has 5 nitrogen and oxygen atoms in total. The Kier molecular flexibility index (Phi) is 5.20. The first-order valence-corrected chi connectivity index (χ1v) is 7.83. The number of likely N-dealkylation sites (tertiary alicyclic amines) is 1. The van der Waals surface area contributed by atoms with E-state index in [0.29, 0.717) is 30.4 Å². The summed E-state index contributed by atoms with van der Waals surface area (Å²) in [5.74, 6) is -0.255. The summed E-state index contributed by atoms with van der Waals surface area (Å²) in [7, 11) is 1.55. The number of halogens is 2. The molecular weight excluding hydrogens is 316 g/mol. The molecule has 0 aliphatic carbocycles. The number of benzene rings is 1. The van der Waals surface area contributed by atoms with Gasteiger partial charge in [0.2, 0.25) is 0 Å². The molecule has 0 amide bonds. The van der Waals surface area contributed by atoms with Crippen LogP contribution in [0.2, 0.25) is 0 Å². The Bertz CT molecular complexity index is 682. The highest BCUT2D eigenvalue weighted by atomic mass is 19.1. The predicted molar refractivity (Wildman–Crippen MR) is 83.9 cm³/mol. The first kappa shape index (κ1) is 16.6. The third-order valence-electron chi connectivity index (χ3n) is 3.98. The van der Waals surface area contributed by atoms with Gasteiger partial charge in [0.1, 0.15) is 17.7 Å². The van der Waals surface area contributed by atoms with E-state index in [4.69, 9.17) is 9.47 Å². The van der Waals surface area contributed by atoms with Crippen molar-refractivity contribution < 1.29 is 18.3 Å². The van der Waals surface area contributed by atoms with Crippen LogP contribution in [-0.2, 0) is 6.54 Å². The molecule has 1 aliphatic rings. The largest absolute Gasteiger partial charge is 0.494 e. The highest BCUT2D eigenvalue weighted by Gasteiger charge is 2.23. The summed E-state index contributed by atoms with van der Waals surface area (Å²) in [5.41, 5.74) is 0.358. The lowest BCUT2D eigenvalue weighted by Crippen LogP contribution is -2.41. The van der Waals surface area contributed by atoms with Crippen LogP contribution >= 0.6 is 0 Å². The molecule has 7 heteroatoms. The number of hydrogen-bond acceptors (Lipinski definition) is 5. The molecule has 1 aliphatic heterocycles. The average molecular weight is 335 g/mol. The molecule has 1 atom stereocenters. The lowest BCUT2D eigenvalue weighted by Gasteiger charge is -2.32. The molecule has 128 valence electrons. The minimum absolute atomic E-state index is 0.0798. The van der Waals surface area contributed by atoms with Crippen molar-refractivity contribution in [2.75, 3.05) is 20.2 Å². The summed E-state index contributed by atoms with van der Waals surface area (Å²) < 4.78 is 37.9. The van der Waals surface area contributed by atoms with Crippen molar-refractivity contribution in [3.63, 3.8) is 0 Å². The first-order chi connectivity index (χ1) is 11.6. The van der Waals surface area contributed by atoms with E-state index in [1.165, 1.54) is 6.07 Å². The van der Waals surface area contributed by atoms with Crippen molar-refractivity contribution in [1.82, 2.24) is 14.9 Å². The van der Waals surface area contributed by atoms with E-state index in [0.717, 1.165) is 31.5 Å². The lowest BCUT2D eigenvalue weighted by molar-refractivity contribution is 0.0763. The highest BCUT2D eigenvalue weighted by molar-refractivity contribution is 5.19. The van der Waals surface area contributed by atoms with Gasteiger partial charge in [0, 0.05) is 18.7 Å². The van der Waals surface area contributed by atoms with Gasteiger partial charge in [-0.15, -0.1) is 0 Å². The molecular formula is C17H19F2N3O2. The summed E-state index contributed by atoms with van der Waals surface area (Å²) in [6.07, 6.45) is 4.80. The van der Waals surface area contributed by atoms with Crippen LogP contribution in [-0.4, -0.2) is 41.2 Å². The molecule has 0 radical (unpaired) electrons. The molecule has 2 heterocycles. The number of aromatic nitrogens is 2. The van der Waals surface area contributed by atoms with Crippen molar-refractivity contribution >= 4 is 0 Å². The van der Waals surface area contributed by atoms with Crippen molar-refractivity contribution in [3.8, 4) is 11.8 Å². The fourth-order valence-electron chi connectivity index (χ4n) is 2.78. The molecule has 2 aromatic rings. The van der Waals surface area contributed by atoms with E-state index >= 15 is 0 Å². The Labute approximate surface area is 139 Å². The second kappa shape index (κ2) is 7.53. The predicted octanol–water partition coefficient (Wildman–Crippen LogP) is 2.81. The maximum Gasteiger partial charge on any atom is 0.316 e. The quantitative estimate of drug-likeness (QED) is 0.841. The van der Waals surface area contributed by atoms with Gasteiger partial charge >= 0.3 is 6.01 Å². The molecule has 1 unspecified atom stereocenters. The van der Waals surface area contributed by atoms with Gasteiger partial charge in [0.05, 0.1) is 19.5 Å². The number of piperidine rings is 1. The van der Waals surface area contributed by atoms with Gasteiger partial charge in [-0.05, 0) is 37.6 Å². The van der Waals surface area contributed by atoms with Crippen LogP contribution in [0.15, 0.2) is 30.6 Å². The Balaban J connectivity index is 1.60. The molecule has 1 fully saturated rings. The fraction of sp³-hybridized carbons (Fsp3) is 0.412. The Morgan fingerprint density at radius 3 is 2.79 bits per heavy atom. The topological polar surface area (TPSA) is 47.5 Å². The SMILES string of the molecule is COc1cnc(OC2CCCN(Cc3cc(F)ccc3F)C2)nc1. The fourth-order valence-corrected chi connectivity index (χ4v) is 2.78. The minimum atomic E-state index is -0.428. The zero-order valence-electron chi connectivity index (χ0n) is 13.4. The van der Waals surface area contributed by atoms with Gasteiger partial charge in [-0.3, -0.25) is 4.90 Å². The van der Waals surface area contributed by atoms with E-state index in [2.05, 4.69) is 14.9 Å². The third-order valence-corrected chi connectivity index (χ3v) is 3.98. The molecule has 0 saturated carbocycles. The number of methoxy groups -OCH3 is 1. The van der Waals surface area contributed by atoms with Gasteiger partial charge in [-0.25, -0.2) is 8.78 Å². The van der Waals surface area contributed by atoms with Crippen molar-refractivity contribution in [3.05, 3.63) is 47.8 Å². The third kappa shape index (κ3) is 4.17. The highest BCUT2D eigenvalue weighted by Crippen LogP contribution is 2.19. The number of ether oxygens (including phenoxy) is 2. The van der Waals surface area contributed by atoms with Crippen LogP contribution in [0, 0.1) is 11.6 Å². The molecule has 0 spiro atoms. The van der Waals surface area contributed by atoms with Crippen molar-refractivity contribution in [2.24, 2.45) is 0 Å². The molecule has 3 rings (SSSR count). The van der Waals surface area contributed by atoms with Gasteiger partial charge in [-0.1, -0.05) is 0 Å². The Morgan fingerprint density at radius 1 is 1.25 bits per heavy atom. The maximum atomic E-state index is 13.8. The van der Waals surface area contributed by atoms with Gasteiger partial charge in [0.15, 0.2) is 5.75 Å². The minimum Gasteiger partial charge on any atom is -0.494 e. The normalized spacial score (nSPS) is 18.4. The maximum absolute atomic E-state index is 13.8. The molecule has 0 bridgehead atoms. The molecule has 24 heavy (non-hydrogen) atoms. The Morgan fingerprint density at radius 2 is 2.04 bits per heavy atom. The van der Waals surface area contributed by atoms with Crippen molar-refractivity contribution in [1.29, 1.82) is 0 Å². The molecule has 1 aromatic carbocycles. The summed E-state index contributed by atoms with van der Waals surface area (Å²) >= 11 is 0. The number of rotatable bonds is 5.